The van der Waals surface area contributed by atoms with E-state index in [4.69, 9.17) is 23.2 Å². The average molecular weight is 376 g/mol. The Balaban J connectivity index is 2.11. The van der Waals surface area contributed by atoms with E-state index in [1.165, 1.54) is 5.56 Å². The molecule has 2 aromatic rings. The third-order valence-electron chi connectivity index (χ3n) is 3.42. The summed E-state index contributed by atoms with van der Waals surface area (Å²) in [6.07, 6.45) is 1.81. The summed E-state index contributed by atoms with van der Waals surface area (Å²) in [5.41, 5.74) is 3.39. The van der Waals surface area contributed by atoms with E-state index in [0.717, 1.165) is 28.6 Å². The fraction of sp³-hybridized carbons (Fsp3) is 0.400. The van der Waals surface area contributed by atoms with Gasteiger partial charge in [-0.1, -0.05) is 39.7 Å². The molecule has 1 unspecified atom stereocenters. The van der Waals surface area contributed by atoms with Crippen LogP contribution in [0.5, 0.6) is 0 Å². The summed E-state index contributed by atoms with van der Waals surface area (Å²) in [6, 6.07) is 8.37. The number of hydrogen-bond acceptors (Lipinski definition) is 1. The summed E-state index contributed by atoms with van der Waals surface area (Å²) < 4.78 is 2.81. The first kappa shape index (κ1) is 15.9. The molecule has 1 heterocycles. The van der Waals surface area contributed by atoms with E-state index in [-0.39, 0.29) is 0 Å². The van der Waals surface area contributed by atoms with E-state index in [0.29, 0.717) is 17.0 Å². The first-order valence-electron chi connectivity index (χ1n) is 6.49. The highest BCUT2D eigenvalue weighted by Crippen LogP contribution is 2.25. The molecule has 0 aliphatic heterocycles. The predicted molar refractivity (Wildman–Crippen MR) is 88.7 cm³/mol. The summed E-state index contributed by atoms with van der Waals surface area (Å²) >= 11 is 15.9. The van der Waals surface area contributed by atoms with Gasteiger partial charge in [-0.05, 0) is 43.4 Å². The Hall–Kier alpha value is -0.510. The second kappa shape index (κ2) is 6.97. The van der Waals surface area contributed by atoms with Crippen LogP contribution >= 0.6 is 39.1 Å². The van der Waals surface area contributed by atoms with Crippen LogP contribution in [0.3, 0.4) is 0 Å². The van der Waals surface area contributed by atoms with E-state index in [2.05, 4.69) is 45.3 Å². The monoisotopic (exact) mass is 374 g/mol. The molecule has 2 nitrogen and oxygen atoms in total. The van der Waals surface area contributed by atoms with Crippen molar-refractivity contribution in [3.63, 3.8) is 0 Å². The number of aromatic nitrogens is 2. The molecular formula is C15H17BrCl2N2. The van der Waals surface area contributed by atoms with Crippen LogP contribution in [-0.4, -0.2) is 15.7 Å². The summed E-state index contributed by atoms with van der Waals surface area (Å²) in [7, 11) is 1.86. The van der Waals surface area contributed by atoms with Crippen LogP contribution in [0.2, 0.25) is 5.15 Å². The molecule has 2 rings (SSSR count). The minimum absolute atomic E-state index is 0.359. The van der Waals surface area contributed by atoms with Gasteiger partial charge in [-0.2, -0.15) is 5.10 Å². The number of hydrogen-bond donors (Lipinski definition) is 0. The maximum Gasteiger partial charge on any atom is 0.130 e. The Morgan fingerprint density at radius 1 is 1.25 bits per heavy atom. The molecule has 0 aliphatic carbocycles. The molecular weight excluding hydrogens is 359 g/mol. The minimum Gasteiger partial charge on any atom is -0.257 e. The van der Waals surface area contributed by atoms with Gasteiger partial charge < -0.3 is 0 Å². The number of nitrogens with zero attached hydrogens (tertiary/aromatic N) is 2. The molecule has 1 aromatic carbocycles. The summed E-state index contributed by atoms with van der Waals surface area (Å²) in [5.74, 6) is 0.971. The van der Waals surface area contributed by atoms with Crippen LogP contribution in [0.15, 0.2) is 28.7 Å². The van der Waals surface area contributed by atoms with Gasteiger partial charge in [-0.15, -0.1) is 11.6 Å². The lowest BCUT2D eigenvalue weighted by atomic mass is 9.94. The van der Waals surface area contributed by atoms with Crippen LogP contribution in [0.1, 0.15) is 16.8 Å². The summed E-state index contributed by atoms with van der Waals surface area (Å²) in [4.78, 5) is 0. The Labute approximate surface area is 138 Å². The number of rotatable bonds is 5. The molecule has 0 saturated carbocycles. The molecule has 0 saturated heterocycles. The molecule has 20 heavy (non-hydrogen) atoms. The van der Waals surface area contributed by atoms with Crippen molar-refractivity contribution in [2.45, 2.75) is 19.8 Å². The van der Waals surface area contributed by atoms with Crippen LogP contribution < -0.4 is 0 Å². The fourth-order valence-corrected chi connectivity index (χ4v) is 3.06. The van der Waals surface area contributed by atoms with Crippen LogP contribution in [-0.2, 0) is 19.9 Å². The maximum absolute atomic E-state index is 6.29. The van der Waals surface area contributed by atoms with Gasteiger partial charge in [-0.25, -0.2) is 0 Å². The molecule has 0 aliphatic rings. The standard InChI is InChI=1S/C15H17BrCl2N2/c1-10-14(15(18)20(2)19-10)8-12(9-17)7-11-3-5-13(16)6-4-11/h3-6,12H,7-9H2,1-2H3. The zero-order chi connectivity index (χ0) is 14.7. The molecule has 0 amide bonds. The van der Waals surface area contributed by atoms with Crippen molar-refractivity contribution in [1.29, 1.82) is 0 Å². The van der Waals surface area contributed by atoms with Gasteiger partial charge in [-0.3, -0.25) is 4.68 Å². The minimum atomic E-state index is 0.359. The number of aryl methyl sites for hydroxylation is 2. The van der Waals surface area contributed by atoms with Crippen LogP contribution in [0.25, 0.3) is 0 Å². The lowest BCUT2D eigenvalue weighted by Crippen LogP contribution is -2.11. The number of alkyl halides is 1. The van der Waals surface area contributed by atoms with E-state index < -0.39 is 0 Å². The van der Waals surface area contributed by atoms with Gasteiger partial charge in [0, 0.05) is 23.0 Å². The molecule has 0 radical (unpaired) electrons. The van der Waals surface area contributed by atoms with Gasteiger partial charge in [0.1, 0.15) is 5.15 Å². The van der Waals surface area contributed by atoms with Crippen molar-refractivity contribution in [2.24, 2.45) is 13.0 Å². The third-order valence-corrected chi connectivity index (χ3v) is 4.86. The van der Waals surface area contributed by atoms with Gasteiger partial charge >= 0.3 is 0 Å². The van der Waals surface area contributed by atoms with Crippen LogP contribution in [0, 0.1) is 12.8 Å². The van der Waals surface area contributed by atoms with Gasteiger partial charge in [0.15, 0.2) is 0 Å². The second-order valence-electron chi connectivity index (χ2n) is 5.03. The molecule has 0 fully saturated rings. The van der Waals surface area contributed by atoms with Crippen molar-refractivity contribution in [3.8, 4) is 0 Å². The van der Waals surface area contributed by atoms with Gasteiger partial charge in [0.2, 0.25) is 0 Å². The molecule has 0 spiro atoms. The Bertz CT molecular complexity index is 578. The highest BCUT2D eigenvalue weighted by Gasteiger charge is 2.17. The van der Waals surface area contributed by atoms with E-state index in [1.54, 1.807) is 4.68 Å². The lowest BCUT2D eigenvalue weighted by molar-refractivity contribution is 0.582. The average Bonchev–Trinajstić information content (AvgIpc) is 2.66. The van der Waals surface area contributed by atoms with E-state index in [9.17, 15) is 0 Å². The smallest absolute Gasteiger partial charge is 0.130 e. The second-order valence-corrected chi connectivity index (χ2v) is 6.62. The summed E-state index contributed by atoms with van der Waals surface area (Å²) in [6.45, 7) is 1.99. The number of benzene rings is 1. The first-order chi connectivity index (χ1) is 9.51. The number of halogens is 3. The topological polar surface area (TPSA) is 17.8 Å². The maximum atomic E-state index is 6.29. The SMILES string of the molecule is Cc1nn(C)c(Cl)c1CC(CCl)Cc1ccc(Br)cc1. The zero-order valence-electron chi connectivity index (χ0n) is 11.5. The Kier molecular flexibility index (Phi) is 5.53. The fourth-order valence-electron chi connectivity index (χ4n) is 2.33. The highest BCUT2D eigenvalue weighted by atomic mass is 79.9. The van der Waals surface area contributed by atoms with Crippen molar-refractivity contribution >= 4 is 39.1 Å². The van der Waals surface area contributed by atoms with Crippen LogP contribution in [0.4, 0.5) is 0 Å². The molecule has 0 N–H and O–H groups in total. The van der Waals surface area contributed by atoms with Crippen molar-refractivity contribution < 1.29 is 0 Å². The Morgan fingerprint density at radius 3 is 2.40 bits per heavy atom. The lowest BCUT2D eigenvalue weighted by Gasteiger charge is -2.14. The van der Waals surface area contributed by atoms with Gasteiger partial charge in [0.05, 0.1) is 5.69 Å². The third kappa shape index (κ3) is 3.78. The first-order valence-corrected chi connectivity index (χ1v) is 8.20. The van der Waals surface area contributed by atoms with Gasteiger partial charge in [0.25, 0.3) is 0 Å². The van der Waals surface area contributed by atoms with Crippen molar-refractivity contribution in [1.82, 2.24) is 9.78 Å². The van der Waals surface area contributed by atoms with E-state index in [1.807, 2.05) is 14.0 Å². The van der Waals surface area contributed by atoms with Crippen molar-refractivity contribution in [2.75, 3.05) is 5.88 Å². The molecule has 5 heteroatoms. The quantitative estimate of drug-likeness (QED) is 0.687. The normalized spacial score (nSPS) is 12.7. The molecule has 108 valence electrons. The Morgan fingerprint density at radius 2 is 1.90 bits per heavy atom. The zero-order valence-corrected chi connectivity index (χ0v) is 14.6. The predicted octanol–water partition coefficient (Wildman–Crippen LogP) is 4.78. The molecule has 1 aromatic heterocycles. The molecule has 0 bridgehead atoms. The highest BCUT2D eigenvalue weighted by molar-refractivity contribution is 9.10. The summed E-state index contributed by atoms with van der Waals surface area (Å²) in [5, 5.41) is 5.07. The largest absolute Gasteiger partial charge is 0.257 e. The van der Waals surface area contributed by atoms with E-state index >= 15 is 0 Å². The van der Waals surface area contributed by atoms with Crippen molar-refractivity contribution in [3.05, 3.63) is 50.7 Å². The molecule has 1 atom stereocenters.